The molecule has 5 nitrogen and oxygen atoms in total. The lowest BCUT2D eigenvalue weighted by Crippen LogP contribution is -2.28. The third-order valence-corrected chi connectivity index (χ3v) is 2.19. The molecule has 1 aromatic carbocycles. The van der Waals surface area contributed by atoms with Crippen LogP contribution in [-0.4, -0.2) is 11.9 Å². The lowest BCUT2D eigenvalue weighted by molar-refractivity contribution is 0.250. The molecule has 1 heterocycles. The molecule has 0 aliphatic carbocycles. The van der Waals surface area contributed by atoms with Crippen molar-refractivity contribution < 1.29 is 4.79 Å². The van der Waals surface area contributed by atoms with Crippen molar-refractivity contribution in [1.82, 2.24) is 5.32 Å². The second-order valence-corrected chi connectivity index (χ2v) is 3.12. The Kier molecular flexibility index (Phi) is 2.10. The van der Waals surface area contributed by atoms with Gasteiger partial charge in [-0.15, -0.1) is 0 Å². The molecule has 0 radical (unpaired) electrons. The van der Waals surface area contributed by atoms with Crippen LogP contribution in [-0.2, 0) is 0 Å². The highest BCUT2D eigenvalue weighted by molar-refractivity contribution is 6.03. The summed E-state index contributed by atoms with van der Waals surface area (Å²) in [6.45, 7) is 0. The molecule has 15 heavy (non-hydrogen) atoms. The number of amidine groups is 1. The summed E-state index contributed by atoms with van der Waals surface area (Å²) in [4.78, 5) is 14.5. The molecule has 1 aromatic rings. The molecule has 0 aromatic heterocycles. The molecule has 1 aliphatic heterocycles. The van der Waals surface area contributed by atoms with Crippen molar-refractivity contribution in [3.63, 3.8) is 0 Å². The minimum Gasteiger partial charge on any atom is -0.385 e. The molecule has 1 aliphatic rings. The number of urea groups is 1. The molecule has 2 amide bonds. The van der Waals surface area contributed by atoms with E-state index in [1.807, 2.05) is 6.07 Å². The standard InChI is InChI=1S/C10H8N4O/c11-5-6-3-1-2-4-7(6)8-9(12)14-10(15)13-8/h1-4,8H,(H3,12,13,14,15). The number of nitrogens with two attached hydrogens (primary N) is 1. The molecule has 74 valence electrons. The number of hydrogen-bond acceptors (Lipinski definition) is 3. The van der Waals surface area contributed by atoms with Crippen molar-refractivity contribution in [1.29, 1.82) is 5.26 Å². The normalized spacial score (nSPS) is 19.3. The Labute approximate surface area is 86.2 Å². The van der Waals surface area contributed by atoms with Gasteiger partial charge in [-0.1, -0.05) is 18.2 Å². The Bertz CT molecular complexity index is 486. The molecule has 3 N–H and O–H groups in total. The molecule has 0 fully saturated rings. The summed E-state index contributed by atoms with van der Waals surface area (Å²) in [6, 6.07) is 8.06. The third kappa shape index (κ3) is 1.53. The minimum absolute atomic E-state index is 0.197. The molecular weight excluding hydrogens is 192 g/mol. The topological polar surface area (TPSA) is 91.3 Å². The molecule has 1 atom stereocenters. The smallest absolute Gasteiger partial charge is 0.343 e. The summed E-state index contributed by atoms with van der Waals surface area (Å²) in [5.41, 5.74) is 6.74. The van der Waals surface area contributed by atoms with Gasteiger partial charge in [-0.05, 0) is 11.6 Å². The van der Waals surface area contributed by atoms with Crippen LogP contribution in [0.25, 0.3) is 0 Å². The zero-order valence-electron chi connectivity index (χ0n) is 7.77. The Balaban J connectivity index is 2.44. The summed E-state index contributed by atoms with van der Waals surface area (Å²) in [5, 5.41) is 11.5. The van der Waals surface area contributed by atoms with Crippen molar-refractivity contribution in [2.24, 2.45) is 10.7 Å². The first kappa shape index (κ1) is 9.21. The molecular formula is C10H8N4O. The zero-order valence-corrected chi connectivity index (χ0v) is 7.77. The minimum atomic E-state index is -0.478. The molecule has 0 saturated carbocycles. The van der Waals surface area contributed by atoms with Crippen LogP contribution in [0.3, 0.4) is 0 Å². The largest absolute Gasteiger partial charge is 0.385 e. The maximum Gasteiger partial charge on any atom is 0.343 e. The van der Waals surface area contributed by atoms with E-state index in [4.69, 9.17) is 11.0 Å². The average molecular weight is 200 g/mol. The molecule has 0 saturated heterocycles. The summed E-state index contributed by atoms with van der Waals surface area (Å²) >= 11 is 0. The van der Waals surface area contributed by atoms with Gasteiger partial charge in [-0.2, -0.15) is 10.3 Å². The van der Waals surface area contributed by atoms with Crippen LogP contribution in [0.15, 0.2) is 29.3 Å². The van der Waals surface area contributed by atoms with E-state index < -0.39 is 12.1 Å². The first-order valence-corrected chi connectivity index (χ1v) is 4.36. The van der Waals surface area contributed by atoms with Gasteiger partial charge in [-0.25, -0.2) is 4.79 Å². The van der Waals surface area contributed by atoms with Gasteiger partial charge in [0, 0.05) is 0 Å². The van der Waals surface area contributed by atoms with Gasteiger partial charge in [0.15, 0.2) is 0 Å². The van der Waals surface area contributed by atoms with Gasteiger partial charge in [-0.3, -0.25) is 0 Å². The molecule has 5 heteroatoms. The fourth-order valence-corrected chi connectivity index (χ4v) is 1.50. The van der Waals surface area contributed by atoms with E-state index in [1.54, 1.807) is 24.3 Å². The summed E-state index contributed by atoms with van der Waals surface area (Å²) in [5.74, 6) is 0.197. The molecule has 0 bridgehead atoms. The van der Waals surface area contributed by atoms with Crippen LogP contribution in [0.1, 0.15) is 17.2 Å². The summed E-state index contributed by atoms with van der Waals surface area (Å²) in [6.07, 6.45) is 0. The number of hydrogen-bond donors (Lipinski definition) is 2. The van der Waals surface area contributed by atoms with E-state index in [9.17, 15) is 4.79 Å². The Hall–Kier alpha value is -2.35. The molecule has 0 spiro atoms. The van der Waals surface area contributed by atoms with E-state index in [-0.39, 0.29) is 5.84 Å². The lowest BCUT2D eigenvalue weighted by atomic mass is 10.0. The van der Waals surface area contributed by atoms with Crippen LogP contribution in [0.4, 0.5) is 4.79 Å². The van der Waals surface area contributed by atoms with Crippen molar-refractivity contribution in [2.45, 2.75) is 6.04 Å². The second kappa shape index (κ2) is 3.42. The highest BCUT2D eigenvalue weighted by Gasteiger charge is 2.26. The van der Waals surface area contributed by atoms with E-state index >= 15 is 0 Å². The number of nitrogens with zero attached hydrogens (tertiary/aromatic N) is 2. The maximum absolute atomic E-state index is 11.0. The van der Waals surface area contributed by atoms with Crippen molar-refractivity contribution in [3.05, 3.63) is 35.4 Å². The van der Waals surface area contributed by atoms with Gasteiger partial charge >= 0.3 is 6.03 Å². The van der Waals surface area contributed by atoms with Crippen molar-refractivity contribution in [3.8, 4) is 6.07 Å². The number of nitriles is 1. The fourth-order valence-electron chi connectivity index (χ4n) is 1.50. The lowest BCUT2D eigenvalue weighted by Gasteiger charge is -2.11. The third-order valence-electron chi connectivity index (χ3n) is 2.19. The van der Waals surface area contributed by atoms with Crippen molar-refractivity contribution in [2.75, 3.05) is 0 Å². The number of amides is 2. The molecule has 2 rings (SSSR count). The van der Waals surface area contributed by atoms with Gasteiger partial charge in [0.1, 0.15) is 11.9 Å². The second-order valence-electron chi connectivity index (χ2n) is 3.12. The quantitative estimate of drug-likeness (QED) is 0.698. The van der Waals surface area contributed by atoms with Crippen LogP contribution < -0.4 is 11.1 Å². The maximum atomic E-state index is 11.0. The Morgan fingerprint density at radius 3 is 2.80 bits per heavy atom. The van der Waals surface area contributed by atoms with Gasteiger partial charge in [0.05, 0.1) is 11.6 Å². The molecule has 1 unspecified atom stereocenters. The Morgan fingerprint density at radius 1 is 1.47 bits per heavy atom. The summed E-state index contributed by atoms with van der Waals surface area (Å²) < 4.78 is 0. The number of aliphatic imine (C=N–C) groups is 1. The zero-order chi connectivity index (χ0) is 10.8. The fraction of sp³-hybridized carbons (Fsp3) is 0.100. The number of carbonyl (C=O) groups excluding carboxylic acids is 1. The first-order chi connectivity index (χ1) is 7.22. The predicted octanol–water partition coefficient (Wildman–Crippen LogP) is 0.680. The number of rotatable bonds is 1. The first-order valence-electron chi connectivity index (χ1n) is 4.36. The SMILES string of the molecule is N#Cc1ccccc1C1NC(=O)N=C1N. The van der Waals surface area contributed by atoms with Gasteiger partial charge in [0.25, 0.3) is 0 Å². The van der Waals surface area contributed by atoms with E-state index in [0.29, 0.717) is 11.1 Å². The monoisotopic (exact) mass is 200 g/mol. The van der Waals surface area contributed by atoms with Crippen LogP contribution in [0, 0.1) is 11.3 Å². The number of nitrogens with one attached hydrogen (secondary N) is 1. The predicted molar refractivity (Wildman–Crippen MR) is 54.1 cm³/mol. The van der Waals surface area contributed by atoms with Crippen LogP contribution >= 0.6 is 0 Å². The van der Waals surface area contributed by atoms with Crippen LogP contribution in [0.5, 0.6) is 0 Å². The van der Waals surface area contributed by atoms with Crippen LogP contribution in [0.2, 0.25) is 0 Å². The Morgan fingerprint density at radius 2 is 2.20 bits per heavy atom. The highest BCUT2D eigenvalue weighted by atomic mass is 16.2. The van der Waals surface area contributed by atoms with Gasteiger partial charge < -0.3 is 11.1 Å². The number of carbonyl (C=O) groups is 1. The average Bonchev–Trinajstić information content (AvgIpc) is 2.57. The number of benzene rings is 1. The van der Waals surface area contributed by atoms with E-state index in [0.717, 1.165) is 0 Å². The highest BCUT2D eigenvalue weighted by Crippen LogP contribution is 2.20. The van der Waals surface area contributed by atoms with Crippen molar-refractivity contribution >= 4 is 11.9 Å². The van der Waals surface area contributed by atoms with Gasteiger partial charge in [0.2, 0.25) is 0 Å². The summed E-state index contributed by atoms with van der Waals surface area (Å²) in [7, 11) is 0. The van der Waals surface area contributed by atoms with E-state index in [2.05, 4.69) is 10.3 Å². The van der Waals surface area contributed by atoms with E-state index in [1.165, 1.54) is 0 Å².